The molecular formula is C50H56N4O6. The Labute approximate surface area is 352 Å². The molecule has 1 saturated carbocycles. The topological polar surface area (TPSA) is 111 Å². The number of hydrogen-bond acceptors (Lipinski definition) is 5. The number of rotatable bonds is 10. The lowest BCUT2D eigenvalue weighted by Crippen LogP contribution is -2.38. The number of hydrogen-bond donors (Lipinski definition) is 1. The summed E-state index contributed by atoms with van der Waals surface area (Å²) in [6, 6.07) is 32.5. The van der Waals surface area contributed by atoms with Gasteiger partial charge in [0.2, 0.25) is 11.8 Å². The zero-order chi connectivity index (χ0) is 42.9. The van der Waals surface area contributed by atoms with Crippen LogP contribution in [-0.2, 0) is 40.5 Å². The summed E-state index contributed by atoms with van der Waals surface area (Å²) >= 11 is 0. The van der Waals surface area contributed by atoms with Gasteiger partial charge in [-0.1, -0.05) is 97.1 Å². The summed E-state index contributed by atoms with van der Waals surface area (Å²) in [6.45, 7) is 7.04. The Bertz CT molecular complexity index is 2490. The number of benzene rings is 6. The normalized spacial score (nSPS) is 15.6. The minimum absolute atomic E-state index is 0.0763. The van der Waals surface area contributed by atoms with E-state index in [1.807, 2.05) is 105 Å². The second kappa shape index (κ2) is 17.2. The molecule has 0 radical (unpaired) electrons. The van der Waals surface area contributed by atoms with Crippen molar-refractivity contribution in [2.45, 2.75) is 78.2 Å². The van der Waals surface area contributed by atoms with Gasteiger partial charge in [-0.3, -0.25) is 9.59 Å². The zero-order valence-corrected chi connectivity index (χ0v) is 35.8. The molecule has 10 nitrogen and oxygen atoms in total. The van der Waals surface area contributed by atoms with Crippen LogP contribution in [0.2, 0.25) is 0 Å². The Morgan fingerprint density at radius 3 is 0.983 bits per heavy atom. The van der Waals surface area contributed by atoms with Crippen molar-refractivity contribution in [3.05, 3.63) is 119 Å². The van der Waals surface area contributed by atoms with Crippen LogP contribution in [0.25, 0.3) is 43.1 Å². The van der Waals surface area contributed by atoms with Crippen molar-refractivity contribution >= 4 is 67.1 Å². The van der Waals surface area contributed by atoms with Crippen molar-refractivity contribution in [1.82, 2.24) is 19.6 Å². The van der Waals surface area contributed by atoms with Crippen molar-refractivity contribution in [3.8, 4) is 0 Å². The second-order valence-electron chi connectivity index (χ2n) is 17.5. The Morgan fingerprint density at radius 2 is 0.733 bits per heavy atom. The highest BCUT2D eigenvalue weighted by Gasteiger charge is 2.33. The molecule has 1 fully saturated rings. The van der Waals surface area contributed by atoms with Crippen LogP contribution in [0.4, 0.5) is 9.59 Å². The van der Waals surface area contributed by atoms with E-state index in [2.05, 4.69) is 36.4 Å². The summed E-state index contributed by atoms with van der Waals surface area (Å²) in [5.74, 6) is -0.187. The maximum atomic E-state index is 14.1. The summed E-state index contributed by atoms with van der Waals surface area (Å²) in [6.07, 6.45) is 1.19. The molecule has 10 heteroatoms. The molecule has 0 aliphatic heterocycles. The fourth-order valence-corrected chi connectivity index (χ4v) is 9.09. The maximum Gasteiger partial charge on any atom is 0.410 e. The Hall–Kier alpha value is -6.16. The second-order valence-corrected chi connectivity index (χ2v) is 17.5. The van der Waals surface area contributed by atoms with Gasteiger partial charge in [-0.15, -0.1) is 0 Å². The lowest BCUT2D eigenvalue weighted by molar-refractivity contribution is -0.140. The van der Waals surface area contributed by atoms with Gasteiger partial charge in [-0.25, -0.2) is 9.59 Å². The smallest absolute Gasteiger partial charge is 0.410 e. The standard InChI is InChI=1S/C50H56N4O6/c1-50(2,3)60-49(59)54(7)31-45-40-22-14-10-18-36(40)43(37-19-11-15-23-41(37)45)29-52(5)47(56)33-26-24-32(25-27-33)46(55)51(4)28-42-34-16-8-12-20-38(34)44(30-53(6)48(57)58)39-21-13-9-17-35(39)42/h8-23,32-33H,24-31H2,1-7H3,(H,57,58). The van der Waals surface area contributed by atoms with Crippen molar-refractivity contribution in [2.24, 2.45) is 11.8 Å². The van der Waals surface area contributed by atoms with Crippen molar-refractivity contribution < 1.29 is 29.0 Å². The predicted octanol–water partition coefficient (Wildman–Crippen LogP) is 10.2. The van der Waals surface area contributed by atoms with Crippen LogP contribution in [0.15, 0.2) is 97.1 Å². The number of carbonyl (C=O) groups excluding carboxylic acids is 3. The molecule has 4 amide bonds. The fourth-order valence-electron chi connectivity index (χ4n) is 9.09. The van der Waals surface area contributed by atoms with Crippen molar-refractivity contribution in [3.63, 3.8) is 0 Å². The van der Waals surface area contributed by atoms with E-state index in [9.17, 15) is 24.3 Å². The fraction of sp³-hybridized carbons (Fsp3) is 0.360. The molecule has 0 atom stereocenters. The van der Waals surface area contributed by atoms with E-state index < -0.39 is 11.7 Å². The summed E-state index contributed by atoms with van der Waals surface area (Å²) in [5, 5.41) is 17.8. The molecule has 0 unspecified atom stereocenters. The molecule has 0 aromatic heterocycles. The van der Waals surface area contributed by atoms with Crippen molar-refractivity contribution in [2.75, 3.05) is 28.2 Å². The van der Waals surface area contributed by atoms with Gasteiger partial charge < -0.3 is 29.4 Å². The molecular weight excluding hydrogens is 753 g/mol. The Kier molecular flexibility index (Phi) is 12.0. The minimum Gasteiger partial charge on any atom is -0.465 e. The van der Waals surface area contributed by atoms with Gasteiger partial charge in [0.05, 0.1) is 0 Å². The third-order valence-corrected chi connectivity index (χ3v) is 12.1. The zero-order valence-electron chi connectivity index (χ0n) is 35.8. The molecule has 1 N–H and O–H groups in total. The molecule has 312 valence electrons. The average Bonchev–Trinajstić information content (AvgIpc) is 3.24. The number of carboxylic acid groups (broad SMARTS) is 1. The number of amides is 4. The van der Waals surface area contributed by atoms with Crippen LogP contribution in [0, 0.1) is 11.8 Å². The maximum absolute atomic E-state index is 14.1. The highest BCUT2D eigenvalue weighted by atomic mass is 16.6. The van der Waals surface area contributed by atoms with Crippen LogP contribution in [0.5, 0.6) is 0 Å². The molecule has 6 aromatic rings. The molecule has 0 heterocycles. The monoisotopic (exact) mass is 808 g/mol. The number of nitrogens with zero attached hydrogens (tertiary/aromatic N) is 4. The van der Waals surface area contributed by atoms with Crippen LogP contribution >= 0.6 is 0 Å². The van der Waals surface area contributed by atoms with Crippen LogP contribution in [0.1, 0.15) is 68.7 Å². The van der Waals surface area contributed by atoms with E-state index in [1.165, 1.54) is 4.90 Å². The lowest BCUT2D eigenvalue weighted by Gasteiger charge is -2.32. The van der Waals surface area contributed by atoms with E-state index in [-0.39, 0.29) is 36.3 Å². The quantitative estimate of drug-likeness (QED) is 0.138. The average molecular weight is 809 g/mol. The first-order chi connectivity index (χ1) is 28.6. The Balaban J connectivity index is 1.05. The number of fused-ring (bicyclic) bond motifs is 4. The van der Waals surface area contributed by atoms with Gasteiger partial charge in [0, 0.05) is 66.2 Å². The number of ether oxygens (including phenoxy) is 1. The van der Waals surface area contributed by atoms with E-state index in [4.69, 9.17) is 4.74 Å². The third-order valence-electron chi connectivity index (χ3n) is 12.1. The van der Waals surface area contributed by atoms with Gasteiger partial charge >= 0.3 is 12.2 Å². The Morgan fingerprint density at radius 1 is 0.483 bits per heavy atom. The summed E-state index contributed by atoms with van der Waals surface area (Å²) < 4.78 is 5.66. The molecule has 60 heavy (non-hydrogen) atoms. The molecule has 7 rings (SSSR count). The highest BCUT2D eigenvalue weighted by molar-refractivity contribution is 6.07. The van der Waals surface area contributed by atoms with Gasteiger partial charge in [0.1, 0.15) is 5.60 Å². The van der Waals surface area contributed by atoms with E-state index >= 15 is 0 Å². The molecule has 1 aliphatic carbocycles. The minimum atomic E-state index is -0.990. The largest absolute Gasteiger partial charge is 0.465 e. The molecule has 6 aromatic carbocycles. The third kappa shape index (κ3) is 8.60. The molecule has 1 aliphatic rings. The van der Waals surface area contributed by atoms with Gasteiger partial charge in [0.25, 0.3) is 0 Å². The first-order valence-corrected chi connectivity index (χ1v) is 20.8. The SMILES string of the molecule is CN(Cc1c2ccccc2c(CN(C)C(=O)C2CCC(C(=O)N(C)Cc3c4ccccc4c(CN(C)C(=O)OC(C)(C)C)c4ccccc34)CC2)c2ccccc12)C(=O)O. The molecule has 0 bridgehead atoms. The number of carbonyl (C=O) groups is 4. The first-order valence-electron chi connectivity index (χ1n) is 20.8. The van der Waals surface area contributed by atoms with Crippen molar-refractivity contribution in [1.29, 1.82) is 0 Å². The highest BCUT2D eigenvalue weighted by Crippen LogP contribution is 2.38. The summed E-state index contributed by atoms with van der Waals surface area (Å²) in [4.78, 5) is 59.6. The van der Waals surface area contributed by atoms with Gasteiger partial charge in [-0.2, -0.15) is 0 Å². The van der Waals surface area contributed by atoms with Crippen LogP contribution in [-0.4, -0.2) is 82.5 Å². The first kappa shape index (κ1) is 42.0. The van der Waals surface area contributed by atoms with E-state index in [0.29, 0.717) is 45.3 Å². The lowest BCUT2D eigenvalue weighted by atomic mass is 9.80. The predicted molar refractivity (Wildman–Crippen MR) is 238 cm³/mol. The van der Waals surface area contributed by atoms with Crippen LogP contribution in [0.3, 0.4) is 0 Å². The molecule has 0 saturated heterocycles. The van der Waals surface area contributed by atoms with Gasteiger partial charge in [0.15, 0.2) is 0 Å². The van der Waals surface area contributed by atoms with E-state index in [1.54, 1.807) is 19.0 Å². The van der Waals surface area contributed by atoms with E-state index in [0.717, 1.165) is 65.3 Å². The van der Waals surface area contributed by atoms with Gasteiger partial charge in [-0.05, 0) is 112 Å². The molecule has 0 spiro atoms. The summed E-state index contributed by atoms with van der Waals surface area (Å²) in [7, 11) is 7.07. The summed E-state index contributed by atoms with van der Waals surface area (Å²) in [5.41, 5.74) is 3.47. The van der Waals surface area contributed by atoms with Crippen LogP contribution < -0.4 is 0 Å².